The second-order valence-electron chi connectivity index (χ2n) is 9.56. The lowest BCUT2D eigenvalue weighted by Crippen LogP contribution is -2.61. The number of methoxy groups -OCH3 is 1. The van der Waals surface area contributed by atoms with Crippen LogP contribution in [0.15, 0.2) is 36.5 Å². The molecule has 1 N–H and O–H groups in total. The predicted octanol–water partition coefficient (Wildman–Crippen LogP) is 3.51. The van der Waals surface area contributed by atoms with Crippen molar-refractivity contribution in [1.29, 1.82) is 0 Å². The van der Waals surface area contributed by atoms with Crippen LogP contribution in [0.25, 0.3) is 5.69 Å². The summed E-state index contributed by atoms with van der Waals surface area (Å²) >= 11 is 0. The van der Waals surface area contributed by atoms with Crippen LogP contribution < -0.4 is 10.1 Å². The lowest BCUT2D eigenvalue weighted by Gasteiger charge is -2.57. The van der Waals surface area contributed by atoms with Crippen molar-refractivity contribution in [1.82, 2.24) is 15.1 Å². The largest absolute Gasteiger partial charge is 0.493 e. The zero-order valence-corrected chi connectivity index (χ0v) is 18.0. The first-order chi connectivity index (χ1) is 14.9. The smallest absolute Gasteiger partial charge is 0.363 e. The number of nitrogens with one attached hydrogen (secondary N) is 1. The molecule has 164 valence electrons. The number of amides is 1. The summed E-state index contributed by atoms with van der Waals surface area (Å²) in [4.78, 5) is 25.7. The van der Waals surface area contributed by atoms with Gasteiger partial charge in [0.15, 0.2) is 11.9 Å². The van der Waals surface area contributed by atoms with E-state index >= 15 is 0 Å². The van der Waals surface area contributed by atoms with Crippen molar-refractivity contribution in [3.05, 3.63) is 42.2 Å². The van der Waals surface area contributed by atoms with Crippen LogP contribution in [-0.4, -0.2) is 40.4 Å². The summed E-state index contributed by atoms with van der Waals surface area (Å²) in [6.07, 6.45) is 7.83. The number of benzene rings is 1. The van der Waals surface area contributed by atoms with Crippen molar-refractivity contribution in [2.75, 3.05) is 7.11 Å². The van der Waals surface area contributed by atoms with Gasteiger partial charge in [0.1, 0.15) is 0 Å². The van der Waals surface area contributed by atoms with E-state index in [1.807, 2.05) is 30.3 Å². The molecule has 4 fully saturated rings. The molecule has 0 spiro atoms. The van der Waals surface area contributed by atoms with Crippen LogP contribution in [0, 0.1) is 17.8 Å². The fraction of sp³-hybridized carbons (Fsp3) is 0.542. The summed E-state index contributed by atoms with van der Waals surface area (Å²) in [5, 5.41) is 7.60. The van der Waals surface area contributed by atoms with Crippen LogP contribution in [-0.2, 0) is 9.53 Å². The molecule has 1 aromatic heterocycles. The number of esters is 1. The SMILES string of the molecule is COc1cn(-c2ccccc2)nc1C(=O)O[C@H](C)C(=O)NC12CC3CC(CC(C3)C1)C2. The Kier molecular flexibility index (Phi) is 4.99. The van der Waals surface area contributed by atoms with Gasteiger partial charge in [0.25, 0.3) is 5.91 Å². The molecule has 7 heteroatoms. The molecule has 4 bridgehead atoms. The second kappa shape index (κ2) is 7.70. The number of carbonyl (C=O) groups is 2. The number of rotatable bonds is 6. The lowest BCUT2D eigenvalue weighted by atomic mass is 9.53. The number of hydrogen-bond donors (Lipinski definition) is 1. The molecule has 1 amide bonds. The van der Waals surface area contributed by atoms with Crippen LogP contribution >= 0.6 is 0 Å². The Labute approximate surface area is 182 Å². The molecule has 4 saturated carbocycles. The first kappa shape index (κ1) is 20.1. The molecule has 7 nitrogen and oxygen atoms in total. The Hall–Kier alpha value is -2.83. The highest BCUT2D eigenvalue weighted by molar-refractivity contribution is 5.93. The van der Waals surface area contributed by atoms with Crippen molar-refractivity contribution < 1.29 is 19.1 Å². The summed E-state index contributed by atoms with van der Waals surface area (Å²) in [7, 11) is 1.48. The molecule has 1 heterocycles. The molecule has 0 radical (unpaired) electrons. The normalized spacial score (nSPS) is 29.4. The van der Waals surface area contributed by atoms with Gasteiger partial charge in [-0.3, -0.25) is 4.79 Å². The Morgan fingerprint density at radius 3 is 2.29 bits per heavy atom. The first-order valence-corrected chi connectivity index (χ1v) is 11.2. The van der Waals surface area contributed by atoms with Crippen molar-refractivity contribution in [3.8, 4) is 11.4 Å². The predicted molar refractivity (Wildman–Crippen MR) is 114 cm³/mol. The van der Waals surface area contributed by atoms with E-state index < -0.39 is 12.1 Å². The maximum absolute atomic E-state index is 12.9. The van der Waals surface area contributed by atoms with Gasteiger partial charge in [-0.15, -0.1) is 0 Å². The average Bonchev–Trinajstić information content (AvgIpc) is 3.18. The molecule has 1 atom stereocenters. The number of para-hydroxylation sites is 1. The quantitative estimate of drug-likeness (QED) is 0.719. The van der Waals surface area contributed by atoms with Gasteiger partial charge in [-0.05, 0) is 75.3 Å². The van der Waals surface area contributed by atoms with E-state index in [0.29, 0.717) is 5.75 Å². The Balaban J connectivity index is 1.26. The summed E-state index contributed by atoms with van der Waals surface area (Å²) in [6.45, 7) is 1.62. The van der Waals surface area contributed by atoms with Gasteiger partial charge >= 0.3 is 5.97 Å². The molecule has 1 aromatic carbocycles. The third-order valence-corrected chi connectivity index (χ3v) is 7.19. The number of ether oxygens (including phenoxy) is 2. The van der Waals surface area contributed by atoms with E-state index in [4.69, 9.17) is 9.47 Å². The number of aromatic nitrogens is 2. The van der Waals surface area contributed by atoms with E-state index in [9.17, 15) is 9.59 Å². The van der Waals surface area contributed by atoms with Gasteiger partial charge in [-0.1, -0.05) is 18.2 Å². The van der Waals surface area contributed by atoms with Crippen LogP contribution in [0.4, 0.5) is 0 Å². The molecular weight excluding hydrogens is 394 g/mol. The Morgan fingerprint density at radius 1 is 1.10 bits per heavy atom. The summed E-state index contributed by atoms with van der Waals surface area (Å²) in [5.41, 5.74) is 0.743. The minimum absolute atomic E-state index is 0.0563. The molecule has 6 rings (SSSR count). The highest BCUT2D eigenvalue weighted by Crippen LogP contribution is 2.55. The van der Waals surface area contributed by atoms with Crippen molar-refractivity contribution in [2.45, 2.75) is 57.1 Å². The highest BCUT2D eigenvalue weighted by atomic mass is 16.6. The lowest BCUT2D eigenvalue weighted by molar-refractivity contribution is -0.134. The maximum Gasteiger partial charge on any atom is 0.363 e. The van der Waals surface area contributed by atoms with Gasteiger partial charge in [-0.2, -0.15) is 5.10 Å². The fourth-order valence-electron chi connectivity index (χ4n) is 6.26. The van der Waals surface area contributed by atoms with E-state index in [0.717, 1.165) is 42.7 Å². The Bertz CT molecular complexity index is 949. The maximum atomic E-state index is 12.9. The highest BCUT2D eigenvalue weighted by Gasteiger charge is 2.51. The standard InChI is InChI=1S/C24H29N3O4/c1-15(22(28)25-24-11-16-8-17(12-24)10-18(9-16)13-24)31-23(29)21-20(30-2)14-27(26-21)19-6-4-3-5-7-19/h3-7,14-18H,8-13H2,1-2H3,(H,25,28)/t15-,16?,17?,18?,24?/m1/s1. The fourth-order valence-corrected chi connectivity index (χ4v) is 6.26. The molecule has 31 heavy (non-hydrogen) atoms. The van der Waals surface area contributed by atoms with Gasteiger partial charge in [-0.25, -0.2) is 9.48 Å². The molecule has 2 aromatic rings. The topological polar surface area (TPSA) is 82.5 Å². The van der Waals surface area contributed by atoms with Crippen LogP contribution in [0.1, 0.15) is 55.9 Å². The van der Waals surface area contributed by atoms with Crippen molar-refractivity contribution >= 4 is 11.9 Å². The minimum atomic E-state index is -0.896. The minimum Gasteiger partial charge on any atom is -0.493 e. The summed E-state index contributed by atoms with van der Waals surface area (Å²) in [5.74, 6) is 1.61. The zero-order chi connectivity index (χ0) is 21.6. The molecule has 4 aliphatic carbocycles. The van der Waals surface area contributed by atoms with Gasteiger partial charge < -0.3 is 14.8 Å². The zero-order valence-electron chi connectivity index (χ0n) is 18.0. The Morgan fingerprint density at radius 2 is 1.71 bits per heavy atom. The summed E-state index contributed by atoms with van der Waals surface area (Å²) in [6, 6.07) is 9.44. The third-order valence-electron chi connectivity index (χ3n) is 7.19. The second-order valence-corrected chi connectivity index (χ2v) is 9.56. The number of nitrogens with zero attached hydrogens (tertiary/aromatic N) is 2. The summed E-state index contributed by atoms with van der Waals surface area (Å²) < 4.78 is 12.4. The molecular formula is C24H29N3O4. The average molecular weight is 424 g/mol. The van der Waals surface area contributed by atoms with E-state index in [1.165, 1.54) is 26.4 Å². The first-order valence-electron chi connectivity index (χ1n) is 11.2. The van der Waals surface area contributed by atoms with E-state index in [1.54, 1.807) is 17.8 Å². The molecule has 0 unspecified atom stereocenters. The third kappa shape index (κ3) is 3.82. The van der Waals surface area contributed by atoms with Gasteiger partial charge in [0.05, 0.1) is 19.0 Å². The molecule has 0 saturated heterocycles. The monoisotopic (exact) mass is 423 g/mol. The number of carbonyl (C=O) groups excluding carboxylic acids is 2. The molecule has 4 aliphatic rings. The number of hydrogen-bond acceptors (Lipinski definition) is 5. The van der Waals surface area contributed by atoms with E-state index in [2.05, 4.69) is 10.4 Å². The van der Waals surface area contributed by atoms with Crippen LogP contribution in [0.5, 0.6) is 5.75 Å². The van der Waals surface area contributed by atoms with Crippen LogP contribution in [0.3, 0.4) is 0 Å². The van der Waals surface area contributed by atoms with Gasteiger partial charge in [0.2, 0.25) is 5.69 Å². The molecule has 0 aliphatic heterocycles. The van der Waals surface area contributed by atoms with Gasteiger partial charge in [0, 0.05) is 5.54 Å². The van der Waals surface area contributed by atoms with Crippen LogP contribution in [0.2, 0.25) is 0 Å². The van der Waals surface area contributed by atoms with E-state index in [-0.39, 0.29) is 17.1 Å². The van der Waals surface area contributed by atoms with Crippen molar-refractivity contribution in [2.24, 2.45) is 17.8 Å². The van der Waals surface area contributed by atoms with Crippen molar-refractivity contribution in [3.63, 3.8) is 0 Å².